The Morgan fingerprint density at radius 1 is 0.750 bits per heavy atom. The van der Waals surface area contributed by atoms with E-state index in [-0.39, 0.29) is 12.5 Å². The third-order valence-electron chi connectivity index (χ3n) is 3.97. The van der Waals surface area contributed by atoms with Crippen LogP contribution < -0.4 is 10.7 Å². The van der Waals surface area contributed by atoms with E-state index in [0.717, 1.165) is 5.56 Å². The minimum absolute atomic E-state index is 0.153. The van der Waals surface area contributed by atoms with Gasteiger partial charge in [-0.05, 0) is 29.8 Å². The molecule has 5 nitrogen and oxygen atoms in total. The van der Waals surface area contributed by atoms with E-state index in [1.165, 1.54) is 0 Å². The molecule has 0 atom stereocenters. The van der Waals surface area contributed by atoms with Crippen molar-refractivity contribution in [1.29, 1.82) is 0 Å². The second-order valence-corrected chi connectivity index (χ2v) is 6.30. The second-order valence-electron chi connectivity index (χ2n) is 5.89. The van der Waals surface area contributed by atoms with Gasteiger partial charge < -0.3 is 5.32 Å². The summed E-state index contributed by atoms with van der Waals surface area (Å²) in [5.41, 5.74) is 4.70. The molecule has 0 heterocycles. The Labute approximate surface area is 168 Å². The first-order chi connectivity index (χ1) is 13.6. The number of halogens is 1. The van der Waals surface area contributed by atoms with Crippen molar-refractivity contribution in [3.63, 3.8) is 0 Å². The predicted octanol–water partition coefficient (Wildman–Crippen LogP) is 3.90. The van der Waals surface area contributed by atoms with Crippen LogP contribution in [0.25, 0.3) is 0 Å². The summed E-state index contributed by atoms with van der Waals surface area (Å²) >= 11 is 6.06. The summed E-state index contributed by atoms with van der Waals surface area (Å²) in [4.78, 5) is 24.7. The lowest BCUT2D eigenvalue weighted by atomic mass is 10.1. The molecule has 0 aliphatic rings. The summed E-state index contributed by atoms with van der Waals surface area (Å²) in [5.74, 6) is -0.643. The van der Waals surface area contributed by atoms with Crippen molar-refractivity contribution >= 4 is 29.1 Å². The van der Waals surface area contributed by atoms with Crippen molar-refractivity contribution in [2.75, 3.05) is 6.54 Å². The van der Waals surface area contributed by atoms with E-state index < -0.39 is 5.91 Å². The molecule has 3 aromatic carbocycles. The topological polar surface area (TPSA) is 70.6 Å². The van der Waals surface area contributed by atoms with E-state index in [0.29, 0.717) is 21.9 Å². The van der Waals surface area contributed by atoms with Crippen molar-refractivity contribution in [2.24, 2.45) is 5.10 Å². The zero-order chi connectivity index (χ0) is 19.8. The highest BCUT2D eigenvalue weighted by Gasteiger charge is 2.11. The van der Waals surface area contributed by atoms with Gasteiger partial charge in [0.2, 0.25) is 0 Å². The van der Waals surface area contributed by atoms with Gasteiger partial charge in [-0.2, -0.15) is 5.10 Å². The van der Waals surface area contributed by atoms with E-state index in [4.69, 9.17) is 11.6 Å². The lowest BCUT2D eigenvalue weighted by Gasteiger charge is -2.10. The molecule has 0 unspecified atom stereocenters. The standard InChI is InChI=1S/C22H18ClN3O2/c23-19-14-8-7-13-18(19)22(28)26-25-20(16-9-3-1-4-10-16)15-24-21(27)17-11-5-2-6-12-17/h1-14H,15H2,(H,24,27)(H,26,28)/b25-20-. The summed E-state index contributed by atoms with van der Waals surface area (Å²) in [6.07, 6.45) is 0. The van der Waals surface area contributed by atoms with Crippen LogP contribution >= 0.6 is 11.6 Å². The number of carbonyl (C=O) groups is 2. The molecule has 2 N–H and O–H groups in total. The molecular formula is C22H18ClN3O2. The fraction of sp³-hybridized carbons (Fsp3) is 0.0455. The Balaban J connectivity index is 1.76. The van der Waals surface area contributed by atoms with Crippen LogP contribution in [0.1, 0.15) is 26.3 Å². The highest BCUT2D eigenvalue weighted by atomic mass is 35.5. The maximum absolute atomic E-state index is 12.4. The van der Waals surface area contributed by atoms with E-state index in [9.17, 15) is 9.59 Å². The molecule has 3 rings (SSSR count). The Kier molecular flexibility index (Phi) is 6.54. The number of amides is 2. The minimum Gasteiger partial charge on any atom is -0.346 e. The largest absolute Gasteiger partial charge is 0.346 e. The maximum atomic E-state index is 12.4. The van der Waals surface area contributed by atoms with Gasteiger partial charge in [0.05, 0.1) is 22.8 Å². The van der Waals surface area contributed by atoms with E-state index in [1.54, 1.807) is 48.5 Å². The number of hydrazone groups is 1. The lowest BCUT2D eigenvalue weighted by Crippen LogP contribution is -2.32. The fourth-order valence-electron chi connectivity index (χ4n) is 2.52. The third-order valence-corrected chi connectivity index (χ3v) is 4.30. The van der Waals surface area contributed by atoms with Gasteiger partial charge in [-0.1, -0.05) is 72.3 Å². The Bertz CT molecular complexity index is 989. The summed E-state index contributed by atoms with van der Waals surface area (Å²) in [6, 6.07) is 24.9. The Morgan fingerprint density at radius 3 is 1.96 bits per heavy atom. The zero-order valence-corrected chi connectivity index (χ0v) is 15.7. The quantitative estimate of drug-likeness (QED) is 0.494. The summed E-state index contributed by atoms with van der Waals surface area (Å²) in [5, 5.41) is 7.39. The predicted molar refractivity (Wildman–Crippen MR) is 111 cm³/mol. The summed E-state index contributed by atoms with van der Waals surface area (Å²) in [6.45, 7) is 0.153. The highest BCUT2D eigenvalue weighted by Crippen LogP contribution is 2.14. The molecule has 140 valence electrons. The van der Waals surface area contributed by atoms with E-state index in [1.807, 2.05) is 36.4 Å². The normalized spacial score (nSPS) is 11.0. The van der Waals surface area contributed by atoms with E-state index >= 15 is 0 Å². The third kappa shape index (κ3) is 5.05. The van der Waals surface area contributed by atoms with Crippen LogP contribution in [0.2, 0.25) is 5.02 Å². The second kappa shape index (κ2) is 9.48. The van der Waals surface area contributed by atoms with Crippen molar-refractivity contribution in [3.05, 3.63) is 107 Å². The summed E-state index contributed by atoms with van der Waals surface area (Å²) < 4.78 is 0. The maximum Gasteiger partial charge on any atom is 0.272 e. The van der Waals surface area contributed by atoms with Crippen LogP contribution in [0.5, 0.6) is 0 Å². The molecule has 0 bridgehead atoms. The molecule has 0 aromatic heterocycles. The van der Waals surface area contributed by atoms with Crippen molar-refractivity contribution in [3.8, 4) is 0 Å². The van der Waals surface area contributed by atoms with Crippen LogP contribution in [-0.4, -0.2) is 24.1 Å². The molecule has 0 aliphatic heterocycles. The van der Waals surface area contributed by atoms with Crippen LogP contribution in [0.4, 0.5) is 0 Å². The molecule has 0 radical (unpaired) electrons. The van der Waals surface area contributed by atoms with Gasteiger partial charge >= 0.3 is 0 Å². The minimum atomic E-state index is -0.423. The van der Waals surface area contributed by atoms with Crippen LogP contribution in [0.3, 0.4) is 0 Å². The zero-order valence-electron chi connectivity index (χ0n) is 14.9. The molecule has 28 heavy (non-hydrogen) atoms. The van der Waals surface area contributed by atoms with Gasteiger partial charge in [0.25, 0.3) is 11.8 Å². The van der Waals surface area contributed by atoms with Gasteiger partial charge in [0.15, 0.2) is 0 Å². The summed E-state index contributed by atoms with van der Waals surface area (Å²) in [7, 11) is 0. The average Bonchev–Trinajstić information content (AvgIpc) is 2.75. The Morgan fingerprint density at radius 2 is 1.32 bits per heavy atom. The van der Waals surface area contributed by atoms with Gasteiger partial charge in [-0.3, -0.25) is 9.59 Å². The van der Waals surface area contributed by atoms with Crippen LogP contribution in [0, 0.1) is 0 Å². The van der Waals surface area contributed by atoms with Gasteiger partial charge in [-0.15, -0.1) is 0 Å². The van der Waals surface area contributed by atoms with Gasteiger partial charge in [0.1, 0.15) is 0 Å². The van der Waals surface area contributed by atoms with Crippen molar-refractivity contribution in [2.45, 2.75) is 0 Å². The first-order valence-corrected chi connectivity index (χ1v) is 9.03. The van der Waals surface area contributed by atoms with Crippen molar-refractivity contribution in [1.82, 2.24) is 10.7 Å². The average molecular weight is 392 g/mol. The number of nitrogens with one attached hydrogen (secondary N) is 2. The molecule has 0 fully saturated rings. The molecule has 6 heteroatoms. The first kappa shape index (κ1) is 19.3. The first-order valence-electron chi connectivity index (χ1n) is 8.65. The van der Waals surface area contributed by atoms with Gasteiger partial charge in [0, 0.05) is 5.56 Å². The number of hydrogen-bond acceptors (Lipinski definition) is 3. The molecule has 0 spiro atoms. The SMILES string of the molecule is O=C(NC/C(=N/NC(=O)c1ccccc1Cl)c1ccccc1)c1ccccc1. The fourth-order valence-corrected chi connectivity index (χ4v) is 2.74. The lowest BCUT2D eigenvalue weighted by molar-refractivity contribution is 0.0952. The Hall–Kier alpha value is -3.44. The number of hydrogen-bond donors (Lipinski definition) is 2. The molecule has 2 amide bonds. The molecule has 0 saturated heterocycles. The van der Waals surface area contributed by atoms with Crippen molar-refractivity contribution < 1.29 is 9.59 Å². The molecule has 3 aromatic rings. The molecular weight excluding hydrogens is 374 g/mol. The monoisotopic (exact) mass is 391 g/mol. The number of rotatable bonds is 6. The van der Waals surface area contributed by atoms with Crippen LogP contribution in [-0.2, 0) is 0 Å². The smallest absolute Gasteiger partial charge is 0.272 e. The molecule has 0 saturated carbocycles. The highest BCUT2D eigenvalue weighted by molar-refractivity contribution is 6.33. The number of benzene rings is 3. The molecule has 0 aliphatic carbocycles. The number of nitrogens with zero attached hydrogens (tertiary/aromatic N) is 1. The van der Waals surface area contributed by atoms with Crippen LogP contribution in [0.15, 0.2) is 90.0 Å². The van der Waals surface area contributed by atoms with Gasteiger partial charge in [-0.25, -0.2) is 5.43 Å². The van der Waals surface area contributed by atoms with E-state index in [2.05, 4.69) is 15.8 Å². The number of carbonyl (C=O) groups excluding carboxylic acids is 2.